The second-order valence-corrected chi connectivity index (χ2v) is 7.70. The number of aryl methyl sites for hydroxylation is 1. The van der Waals surface area contributed by atoms with Gasteiger partial charge in [-0.1, -0.05) is 6.42 Å². The maximum atomic E-state index is 12.8. The number of carbonyl (C=O) groups excluding carboxylic acids is 2. The normalized spacial score (nSPS) is 24.9. The van der Waals surface area contributed by atoms with Crippen LogP contribution in [0.25, 0.3) is 0 Å². The Kier molecular flexibility index (Phi) is 3.85. The zero-order valence-electron chi connectivity index (χ0n) is 14.3. The first kappa shape index (κ1) is 15.7. The van der Waals surface area contributed by atoms with Crippen molar-refractivity contribution in [1.82, 2.24) is 20.0 Å². The molecule has 2 heterocycles. The Bertz CT molecular complexity index is 645. The minimum atomic E-state index is -0.0535. The molecule has 6 heteroatoms. The van der Waals surface area contributed by atoms with E-state index in [9.17, 15) is 9.59 Å². The van der Waals surface area contributed by atoms with Crippen molar-refractivity contribution < 1.29 is 9.59 Å². The smallest absolute Gasteiger partial charge is 0.274 e. The van der Waals surface area contributed by atoms with Crippen molar-refractivity contribution in [1.29, 1.82) is 0 Å². The molecule has 1 aliphatic heterocycles. The molecule has 2 saturated carbocycles. The van der Waals surface area contributed by atoms with Crippen molar-refractivity contribution in [2.24, 2.45) is 17.3 Å². The summed E-state index contributed by atoms with van der Waals surface area (Å²) in [4.78, 5) is 27.3. The molecule has 1 aromatic rings. The van der Waals surface area contributed by atoms with Crippen LogP contribution < -0.4 is 5.32 Å². The highest BCUT2D eigenvalue weighted by Crippen LogP contribution is 2.52. The Hall–Kier alpha value is -1.85. The maximum Gasteiger partial charge on any atom is 0.274 e. The summed E-state index contributed by atoms with van der Waals surface area (Å²) in [5.74, 6) is 0.743. The summed E-state index contributed by atoms with van der Waals surface area (Å²) in [6.45, 7) is 4.80. The van der Waals surface area contributed by atoms with Gasteiger partial charge in [0.25, 0.3) is 5.91 Å². The van der Waals surface area contributed by atoms with Crippen LogP contribution >= 0.6 is 0 Å². The van der Waals surface area contributed by atoms with Crippen LogP contribution in [0, 0.1) is 17.3 Å². The lowest BCUT2D eigenvalue weighted by atomic mass is 9.62. The third-order valence-corrected chi connectivity index (χ3v) is 6.05. The van der Waals surface area contributed by atoms with Crippen molar-refractivity contribution in [2.75, 3.05) is 19.6 Å². The van der Waals surface area contributed by atoms with E-state index in [1.807, 2.05) is 18.0 Å². The van der Waals surface area contributed by atoms with Gasteiger partial charge in [-0.25, -0.2) is 0 Å². The summed E-state index contributed by atoms with van der Waals surface area (Å²) in [5, 5.41) is 7.45. The lowest BCUT2D eigenvalue weighted by Crippen LogP contribution is -2.45. The summed E-state index contributed by atoms with van der Waals surface area (Å²) in [5.41, 5.74) is 0.502. The molecule has 0 aromatic carbocycles. The predicted molar refractivity (Wildman–Crippen MR) is 89.3 cm³/mol. The van der Waals surface area contributed by atoms with Crippen LogP contribution in [-0.2, 0) is 11.3 Å². The van der Waals surface area contributed by atoms with Gasteiger partial charge in [-0.15, -0.1) is 0 Å². The Labute approximate surface area is 142 Å². The van der Waals surface area contributed by atoms with E-state index in [2.05, 4.69) is 10.4 Å². The SMILES string of the molecule is CCn1ccc(C(=O)N2CC(C(=O)NCC3CC3)C3(CCC3)C2)n1. The molecule has 2 amide bonds. The summed E-state index contributed by atoms with van der Waals surface area (Å²) < 4.78 is 1.77. The van der Waals surface area contributed by atoms with Gasteiger partial charge < -0.3 is 10.2 Å². The Morgan fingerprint density at radius 3 is 2.75 bits per heavy atom. The van der Waals surface area contributed by atoms with Gasteiger partial charge in [0, 0.05) is 37.8 Å². The Morgan fingerprint density at radius 1 is 1.38 bits per heavy atom. The minimum Gasteiger partial charge on any atom is -0.356 e. The fourth-order valence-electron chi connectivity index (χ4n) is 4.13. The fourth-order valence-corrected chi connectivity index (χ4v) is 4.13. The second-order valence-electron chi connectivity index (χ2n) is 7.70. The summed E-state index contributed by atoms with van der Waals surface area (Å²) in [7, 11) is 0. The van der Waals surface area contributed by atoms with Crippen molar-refractivity contribution in [3.8, 4) is 0 Å². The van der Waals surface area contributed by atoms with Crippen molar-refractivity contribution in [3.63, 3.8) is 0 Å². The van der Waals surface area contributed by atoms with Gasteiger partial charge in [0.15, 0.2) is 0 Å². The predicted octanol–water partition coefficient (Wildman–Crippen LogP) is 1.67. The summed E-state index contributed by atoms with van der Waals surface area (Å²) >= 11 is 0. The highest BCUT2D eigenvalue weighted by Gasteiger charge is 2.54. The number of nitrogens with one attached hydrogen (secondary N) is 1. The molecular formula is C18H26N4O2. The molecule has 3 aliphatic rings. The number of rotatable bonds is 5. The van der Waals surface area contributed by atoms with Gasteiger partial charge in [-0.2, -0.15) is 5.10 Å². The Balaban J connectivity index is 1.45. The van der Waals surface area contributed by atoms with Crippen LogP contribution in [0.5, 0.6) is 0 Å². The molecule has 1 aromatic heterocycles. The highest BCUT2D eigenvalue weighted by atomic mass is 16.2. The minimum absolute atomic E-state index is 0.0105. The second kappa shape index (κ2) is 5.90. The molecule has 1 unspecified atom stereocenters. The molecule has 4 rings (SSSR count). The fraction of sp³-hybridized carbons (Fsp3) is 0.722. The first-order chi connectivity index (χ1) is 11.6. The van der Waals surface area contributed by atoms with Crippen LogP contribution in [-0.4, -0.2) is 46.1 Å². The molecule has 24 heavy (non-hydrogen) atoms. The molecule has 3 fully saturated rings. The lowest BCUT2D eigenvalue weighted by molar-refractivity contribution is -0.129. The van der Waals surface area contributed by atoms with Crippen LogP contribution in [0.4, 0.5) is 0 Å². The van der Waals surface area contributed by atoms with E-state index in [1.165, 1.54) is 19.3 Å². The zero-order valence-corrected chi connectivity index (χ0v) is 14.3. The largest absolute Gasteiger partial charge is 0.356 e. The van der Waals surface area contributed by atoms with Crippen molar-refractivity contribution in [3.05, 3.63) is 18.0 Å². The van der Waals surface area contributed by atoms with Gasteiger partial charge in [-0.3, -0.25) is 14.3 Å². The van der Waals surface area contributed by atoms with E-state index in [-0.39, 0.29) is 23.1 Å². The quantitative estimate of drug-likeness (QED) is 0.893. The molecule has 1 N–H and O–H groups in total. The van der Waals surface area contributed by atoms with E-state index < -0.39 is 0 Å². The topological polar surface area (TPSA) is 67.2 Å². The number of aromatic nitrogens is 2. The van der Waals surface area contributed by atoms with Crippen LogP contribution in [0.3, 0.4) is 0 Å². The van der Waals surface area contributed by atoms with Gasteiger partial charge >= 0.3 is 0 Å². The number of nitrogens with zero attached hydrogens (tertiary/aromatic N) is 3. The van der Waals surface area contributed by atoms with E-state index in [4.69, 9.17) is 0 Å². The Morgan fingerprint density at radius 2 is 2.17 bits per heavy atom. The summed E-state index contributed by atoms with van der Waals surface area (Å²) in [6.07, 6.45) is 7.59. The molecule has 130 valence electrons. The van der Waals surface area contributed by atoms with E-state index >= 15 is 0 Å². The van der Waals surface area contributed by atoms with Gasteiger partial charge in [0.05, 0.1) is 5.92 Å². The van der Waals surface area contributed by atoms with Crippen molar-refractivity contribution >= 4 is 11.8 Å². The molecular weight excluding hydrogens is 304 g/mol. The monoisotopic (exact) mass is 330 g/mol. The van der Waals surface area contributed by atoms with Gasteiger partial charge in [0.2, 0.25) is 5.91 Å². The number of amides is 2. The van der Waals surface area contributed by atoms with Crippen LogP contribution in [0.15, 0.2) is 12.3 Å². The first-order valence-corrected chi connectivity index (χ1v) is 9.22. The highest BCUT2D eigenvalue weighted by molar-refractivity contribution is 5.93. The molecule has 1 saturated heterocycles. The third-order valence-electron chi connectivity index (χ3n) is 6.05. The number of likely N-dealkylation sites (tertiary alicyclic amines) is 1. The van der Waals surface area contributed by atoms with E-state index in [1.54, 1.807) is 10.7 Å². The molecule has 1 atom stereocenters. The average molecular weight is 330 g/mol. The molecule has 2 aliphatic carbocycles. The van der Waals surface area contributed by atoms with Crippen LogP contribution in [0.2, 0.25) is 0 Å². The molecule has 0 bridgehead atoms. The lowest BCUT2D eigenvalue weighted by Gasteiger charge is -2.41. The van der Waals surface area contributed by atoms with Gasteiger partial charge in [-0.05, 0) is 44.6 Å². The van der Waals surface area contributed by atoms with E-state index in [0.717, 1.165) is 25.9 Å². The van der Waals surface area contributed by atoms with E-state index in [0.29, 0.717) is 24.7 Å². The molecule has 6 nitrogen and oxygen atoms in total. The average Bonchev–Trinajstić information content (AvgIpc) is 3.11. The summed E-state index contributed by atoms with van der Waals surface area (Å²) in [6, 6.07) is 1.78. The standard InChI is InChI=1S/C18H26N4O2/c1-2-22-9-6-15(20-22)17(24)21-11-14(18(12-21)7-3-8-18)16(23)19-10-13-4-5-13/h6,9,13-14H,2-5,7-8,10-12H2,1H3,(H,19,23). The maximum absolute atomic E-state index is 12.8. The number of carbonyl (C=O) groups is 2. The zero-order chi connectivity index (χ0) is 16.7. The molecule has 1 spiro atoms. The third kappa shape index (κ3) is 2.72. The van der Waals surface area contributed by atoms with Crippen molar-refractivity contribution in [2.45, 2.75) is 45.6 Å². The number of hydrogen-bond acceptors (Lipinski definition) is 3. The first-order valence-electron chi connectivity index (χ1n) is 9.22. The van der Waals surface area contributed by atoms with Gasteiger partial charge in [0.1, 0.15) is 5.69 Å². The van der Waals surface area contributed by atoms with Crippen LogP contribution in [0.1, 0.15) is 49.5 Å². The molecule has 0 radical (unpaired) electrons. The number of hydrogen-bond donors (Lipinski definition) is 1.